The molecule has 2 atom stereocenters. The van der Waals surface area contributed by atoms with Crippen molar-refractivity contribution in [3.8, 4) is 11.4 Å². The van der Waals surface area contributed by atoms with Crippen molar-refractivity contribution in [3.63, 3.8) is 0 Å². The number of rotatable bonds is 3. The number of carbonyl (C=O) groups excluding carboxylic acids is 2. The lowest BCUT2D eigenvalue weighted by Crippen LogP contribution is -2.54. The lowest BCUT2D eigenvalue weighted by molar-refractivity contribution is -0.136. The monoisotopic (exact) mass is 551 g/mol. The Labute approximate surface area is 233 Å². The van der Waals surface area contributed by atoms with Gasteiger partial charge in [-0.1, -0.05) is 24.3 Å². The Morgan fingerprint density at radius 1 is 1.05 bits per heavy atom. The number of imidazole rings is 1. The molecule has 2 aliphatic rings. The van der Waals surface area contributed by atoms with Gasteiger partial charge in [0.15, 0.2) is 0 Å². The van der Waals surface area contributed by atoms with Crippen molar-refractivity contribution in [2.45, 2.75) is 44.9 Å². The summed E-state index contributed by atoms with van der Waals surface area (Å²) >= 11 is 0. The number of aliphatic hydroxyl groups excluding tert-OH is 1. The van der Waals surface area contributed by atoms with Crippen molar-refractivity contribution in [1.82, 2.24) is 19.4 Å². The summed E-state index contributed by atoms with van der Waals surface area (Å²) in [7, 11) is 2.03. The zero-order chi connectivity index (χ0) is 29.0. The molecule has 3 aromatic rings. The van der Waals surface area contributed by atoms with Crippen LogP contribution in [0.2, 0.25) is 0 Å². The van der Waals surface area contributed by atoms with Crippen molar-refractivity contribution in [2.24, 2.45) is 7.05 Å². The van der Waals surface area contributed by atoms with Gasteiger partial charge in [-0.3, -0.25) is 14.5 Å². The Kier molecular flexibility index (Phi) is 8.63. The third kappa shape index (κ3) is 6.36. The molecule has 11 nitrogen and oxygen atoms in total. The number of aromatic nitrogens is 2. The quantitative estimate of drug-likeness (QED) is 0.476. The van der Waals surface area contributed by atoms with Crippen molar-refractivity contribution in [3.05, 3.63) is 48.5 Å². The molecule has 2 amide bonds. The Morgan fingerprint density at radius 3 is 2.38 bits per heavy atom. The van der Waals surface area contributed by atoms with Crippen molar-refractivity contribution >= 4 is 35.2 Å². The summed E-state index contributed by atoms with van der Waals surface area (Å²) in [5.41, 5.74) is 3.52. The number of carboxylic acid groups (broad SMARTS) is 1. The molecule has 2 fully saturated rings. The van der Waals surface area contributed by atoms with Crippen LogP contribution in [-0.4, -0.2) is 98.5 Å². The van der Waals surface area contributed by atoms with Crippen LogP contribution in [0.3, 0.4) is 0 Å². The zero-order valence-corrected chi connectivity index (χ0v) is 23.4. The van der Waals surface area contributed by atoms with Crippen LogP contribution < -0.4 is 4.90 Å². The van der Waals surface area contributed by atoms with Gasteiger partial charge in [0.1, 0.15) is 17.5 Å². The molecule has 2 saturated heterocycles. The maximum atomic E-state index is 13.4. The van der Waals surface area contributed by atoms with E-state index in [4.69, 9.17) is 19.6 Å². The number of β-amino-alcohol motifs (C(OH)–C–C–N with tert-alkyl or cyclic N) is 1. The maximum absolute atomic E-state index is 13.4. The topological polar surface area (TPSA) is 128 Å². The Hall–Kier alpha value is -4.12. The highest BCUT2D eigenvalue weighted by molar-refractivity contribution is 5.87. The van der Waals surface area contributed by atoms with E-state index in [9.17, 15) is 14.7 Å². The molecule has 2 aliphatic heterocycles. The van der Waals surface area contributed by atoms with Crippen LogP contribution in [-0.2, 0) is 21.4 Å². The van der Waals surface area contributed by atoms with E-state index in [1.54, 1.807) is 25.7 Å². The predicted octanol–water partition coefficient (Wildman–Crippen LogP) is 2.96. The number of fused-ring (bicyclic) bond motifs is 1. The summed E-state index contributed by atoms with van der Waals surface area (Å²) < 4.78 is 7.59. The molecule has 5 rings (SSSR count). The summed E-state index contributed by atoms with van der Waals surface area (Å²) in [6.45, 7) is 7.68. The number of ether oxygens (including phenoxy) is 1. The first-order valence-corrected chi connectivity index (χ1v) is 13.3. The number of carbonyl (C=O) groups is 3. The Morgan fingerprint density at radius 2 is 1.73 bits per heavy atom. The number of hydrogen-bond donors (Lipinski definition) is 2. The lowest BCUT2D eigenvalue weighted by Gasteiger charge is -2.38. The molecule has 1 aromatic heterocycles. The predicted molar refractivity (Wildman–Crippen MR) is 151 cm³/mol. The first-order chi connectivity index (χ1) is 19.0. The van der Waals surface area contributed by atoms with Gasteiger partial charge in [0, 0.05) is 50.9 Å². The fraction of sp³-hybridized carbons (Fsp3) is 0.448. The van der Waals surface area contributed by atoms with E-state index < -0.39 is 23.8 Å². The van der Waals surface area contributed by atoms with Gasteiger partial charge in [-0.15, -0.1) is 0 Å². The summed E-state index contributed by atoms with van der Waals surface area (Å²) in [6, 6.07) is 15.8. The number of nitrogens with zero attached hydrogens (tertiary/aromatic N) is 5. The number of benzene rings is 2. The smallest absolute Gasteiger partial charge is 0.411 e. The molecular weight excluding hydrogens is 514 g/mol. The van der Waals surface area contributed by atoms with E-state index in [0.717, 1.165) is 28.1 Å². The third-order valence-electron chi connectivity index (χ3n) is 7.04. The second kappa shape index (κ2) is 12.0. The standard InChI is InChI=1S/C28H35N5O4.CH2O2/c1-28(2,3)37-27(36)33-18-21(34)17-24(33)26(35)32-14-12-31(13-15-32)20-9-7-8-19(16-20)25-29-22-10-5-6-11-23(22)30(25)4;2-1-3/h5-11,16,21,24,34H,12-15,17-18H2,1-4H3;1H,(H,2,3)/t21?,24-;/m0./s1. The van der Waals surface area contributed by atoms with Gasteiger partial charge < -0.3 is 29.3 Å². The number of likely N-dealkylation sites (tertiary alicyclic amines) is 1. The molecule has 0 aliphatic carbocycles. The van der Waals surface area contributed by atoms with E-state index in [2.05, 4.69) is 33.7 Å². The number of piperazine rings is 1. The molecule has 0 bridgehead atoms. The fourth-order valence-electron chi connectivity index (χ4n) is 5.21. The first kappa shape index (κ1) is 28.9. The van der Waals surface area contributed by atoms with Crippen molar-refractivity contribution < 1.29 is 29.3 Å². The first-order valence-electron chi connectivity index (χ1n) is 13.3. The highest BCUT2D eigenvalue weighted by Gasteiger charge is 2.43. The van der Waals surface area contributed by atoms with E-state index in [1.165, 1.54) is 4.90 Å². The average molecular weight is 552 g/mol. The molecule has 1 unspecified atom stereocenters. The molecule has 3 heterocycles. The van der Waals surface area contributed by atoms with Gasteiger partial charge in [-0.2, -0.15) is 0 Å². The van der Waals surface area contributed by atoms with Crippen LogP contribution >= 0.6 is 0 Å². The molecule has 0 spiro atoms. The minimum absolute atomic E-state index is 0.111. The van der Waals surface area contributed by atoms with Gasteiger partial charge in [0.2, 0.25) is 5.91 Å². The number of hydrogen-bond acceptors (Lipinski definition) is 7. The van der Waals surface area contributed by atoms with Crippen LogP contribution in [0.4, 0.5) is 10.5 Å². The van der Waals surface area contributed by atoms with Gasteiger partial charge in [-0.05, 0) is 45.0 Å². The van der Waals surface area contributed by atoms with Crippen LogP contribution in [0.15, 0.2) is 48.5 Å². The van der Waals surface area contributed by atoms with Crippen molar-refractivity contribution in [2.75, 3.05) is 37.6 Å². The largest absolute Gasteiger partial charge is 0.483 e. The normalized spacial score (nSPS) is 19.3. The van der Waals surface area contributed by atoms with Gasteiger partial charge >= 0.3 is 6.09 Å². The molecule has 2 aromatic carbocycles. The summed E-state index contributed by atoms with van der Waals surface area (Å²) in [5.74, 6) is 0.786. The van der Waals surface area contributed by atoms with Crippen LogP contribution in [0.1, 0.15) is 27.2 Å². The van der Waals surface area contributed by atoms with Gasteiger partial charge in [0.25, 0.3) is 6.47 Å². The van der Waals surface area contributed by atoms with E-state index >= 15 is 0 Å². The molecular formula is C29H37N5O6. The second-order valence-electron chi connectivity index (χ2n) is 11.0. The van der Waals surface area contributed by atoms with E-state index in [0.29, 0.717) is 26.2 Å². The van der Waals surface area contributed by atoms with E-state index in [1.807, 2.05) is 31.3 Å². The summed E-state index contributed by atoms with van der Waals surface area (Å²) in [5, 5.41) is 17.1. The number of amides is 2. The molecule has 0 saturated carbocycles. The molecule has 2 N–H and O–H groups in total. The van der Waals surface area contributed by atoms with Gasteiger partial charge in [-0.25, -0.2) is 9.78 Å². The van der Waals surface area contributed by atoms with Crippen LogP contribution in [0.25, 0.3) is 22.4 Å². The van der Waals surface area contributed by atoms with Gasteiger partial charge in [0.05, 0.1) is 23.7 Å². The minimum Gasteiger partial charge on any atom is -0.483 e. The van der Waals surface area contributed by atoms with Crippen molar-refractivity contribution in [1.29, 1.82) is 0 Å². The third-order valence-corrected chi connectivity index (χ3v) is 7.04. The number of anilines is 1. The average Bonchev–Trinajstić information content (AvgIpc) is 3.48. The molecule has 40 heavy (non-hydrogen) atoms. The maximum Gasteiger partial charge on any atom is 0.411 e. The molecule has 0 radical (unpaired) electrons. The fourth-order valence-corrected chi connectivity index (χ4v) is 5.21. The zero-order valence-electron chi connectivity index (χ0n) is 23.4. The summed E-state index contributed by atoms with van der Waals surface area (Å²) in [4.78, 5) is 44.7. The Bertz CT molecular complexity index is 1360. The van der Waals surface area contributed by atoms with Crippen LogP contribution in [0, 0.1) is 0 Å². The highest BCUT2D eigenvalue weighted by atomic mass is 16.6. The van der Waals surface area contributed by atoms with E-state index in [-0.39, 0.29) is 25.3 Å². The lowest BCUT2D eigenvalue weighted by atomic mass is 10.1. The summed E-state index contributed by atoms with van der Waals surface area (Å²) in [6.07, 6.45) is -1.05. The second-order valence-corrected chi connectivity index (χ2v) is 11.0. The molecule has 11 heteroatoms. The number of aliphatic hydroxyl groups is 1. The molecule has 214 valence electrons. The Balaban J connectivity index is 0.00000118. The SMILES string of the molecule is Cn1c(-c2cccc(N3CCN(C(=O)[C@@H]4CC(O)CN4C(=O)OC(C)(C)C)CC3)c2)nc2ccccc21.O=CO. The number of aryl methyl sites for hydroxylation is 1. The van der Waals surface area contributed by atoms with Crippen LogP contribution in [0.5, 0.6) is 0 Å². The minimum atomic E-state index is -0.728. The highest BCUT2D eigenvalue weighted by Crippen LogP contribution is 2.28. The number of para-hydroxylation sites is 2.